The van der Waals surface area contributed by atoms with Crippen LogP contribution in [0.2, 0.25) is 0 Å². The largest absolute Gasteiger partial charge is 0.394 e. The van der Waals surface area contributed by atoms with Crippen molar-refractivity contribution in [1.82, 2.24) is 0 Å². The lowest BCUT2D eigenvalue weighted by atomic mass is 9.81. The highest BCUT2D eigenvalue weighted by Gasteiger charge is 2.57. The molecule has 0 aliphatic carbocycles. The minimum Gasteiger partial charge on any atom is -0.394 e. The summed E-state index contributed by atoms with van der Waals surface area (Å²) in [5.41, 5.74) is 2.00. The standard InChI is InChI=1S/C40H60O13/c1-19-11-26-7-9-29-20(2)12-25(48-29)6-5-22(42)15-33-35(45)39-40(53-33)36(46)38-30(52-39)10-8-27(50-38)13-23(43)14-28-32(17-31(49-26)21(19)3)51-34(37(28)47-4)16-24(44)18-41/h19,24-41,44-46H,2-3,5-18H2,1,4H3/t19-,24?,25?,26+,27?,28?,29+,30?,31-,32?,33+,34-,35?,36?,37-,38+,39+,40?/m1/s1. The number of carbonyl (C=O) groups is 2. The number of ether oxygens (including phenoxy) is 7. The van der Waals surface area contributed by atoms with E-state index < -0.39 is 79.9 Å². The summed E-state index contributed by atoms with van der Waals surface area (Å²) >= 11 is 0. The first-order valence-corrected chi connectivity index (χ1v) is 19.9. The smallest absolute Gasteiger partial charge is 0.135 e. The Bertz CT molecular complexity index is 1340. The van der Waals surface area contributed by atoms with Crippen molar-refractivity contribution in [1.29, 1.82) is 0 Å². The van der Waals surface area contributed by atoms with Gasteiger partial charge in [0.25, 0.3) is 0 Å². The summed E-state index contributed by atoms with van der Waals surface area (Å²) in [5.74, 6) is -0.221. The minimum absolute atomic E-state index is 0.00643. The molecule has 18 atom stereocenters. The summed E-state index contributed by atoms with van der Waals surface area (Å²) in [6.07, 6.45) is -3.55. The fourth-order valence-electron chi connectivity index (χ4n) is 10.1. The SMILES string of the molecule is C=C1CC2CCC(=O)C[C@@H]3OC4C(O)[C@H]5OC(CCC5O[C@H]4C3O)CC(=O)CC3C(C[C@H]4O[C@@H](CC[C@@H]1O2)C[C@@H](C)C4=C)O[C@H](CC(O)CO)[C@@H]3OC. The Morgan fingerprint density at radius 1 is 0.736 bits per heavy atom. The summed E-state index contributed by atoms with van der Waals surface area (Å²) in [6, 6.07) is 0. The molecule has 7 saturated heterocycles. The first kappa shape index (κ1) is 39.6. The molecular formula is C40H60O13. The van der Waals surface area contributed by atoms with E-state index in [-0.39, 0.29) is 79.9 Å². The number of carbonyl (C=O) groups excluding carboxylic acids is 2. The molecule has 13 heteroatoms. The van der Waals surface area contributed by atoms with Gasteiger partial charge in [-0.15, -0.1) is 0 Å². The Kier molecular flexibility index (Phi) is 12.6. The molecule has 4 N–H and O–H groups in total. The second-order valence-corrected chi connectivity index (χ2v) is 16.8. The van der Waals surface area contributed by atoms with Crippen molar-refractivity contribution in [2.45, 2.75) is 188 Å². The molecule has 7 rings (SSSR count). The predicted octanol–water partition coefficient (Wildman–Crippen LogP) is 2.27. The highest BCUT2D eigenvalue weighted by atomic mass is 16.6. The normalized spacial score (nSPS) is 47.7. The van der Waals surface area contributed by atoms with E-state index in [2.05, 4.69) is 20.1 Å². The van der Waals surface area contributed by atoms with E-state index in [1.54, 1.807) is 7.11 Å². The number of hydrogen-bond donors (Lipinski definition) is 4. The number of Topliss-reactive ketones (excluding diaryl/α,β-unsaturated/α-hetero) is 2. The number of hydrogen-bond acceptors (Lipinski definition) is 13. The van der Waals surface area contributed by atoms with Crippen LogP contribution in [-0.2, 0) is 42.7 Å². The highest BCUT2D eigenvalue weighted by Crippen LogP contribution is 2.43. The van der Waals surface area contributed by atoms with Crippen molar-refractivity contribution >= 4 is 11.6 Å². The first-order valence-electron chi connectivity index (χ1n) is 19.9. The Morgan fingerprint density at radius 2 is 1.45 bits per heavy atom. The molecule has 0 aromatic rings. The van der Waals surface area contributed by atoms with E-state index in [4.69, 9.17) is 33.2 Å². The lowest BCUT2D eigenvalue weighted by Crippen LogP contribution is -2.61. The minimum atomic E-state index is -1.10. The number of rotatable bonds is 4. The third-order valence-electron chi connectivity index (χ3n) is 13.1. The van der Waals surface area contributed by atoms with E-state index in [0.717, 1.165) is 30.4 Å². The van der Waals surface area contributed by atoms with Crippen LogP contribution in [0.5, 0.6) is 0 Å². The molecule has 8 bridgehead atoms. The van der Waals surface area contributed by atoms with Gasteiger partial charge in [-0.25, -0.2) is 0 Å². The quantitative estimate of drug-likeness (QED) is 0.308. The van der Waals surface area contributed by atoms with Crippen LogP contribution < -0.4 is 0 Å². The van der Waals surface area contributed by atoms with Crippen LogP contribution in [0.25, 0.3) is 0 Å². The molecule has 9 unspecified atom stereocenters. The number of aliphatic hydroxyl groups is 4. The van der Waals surface area contributed by atoms with E-state index in [1.165, 1.54) is 0 Å². The zero-order valence-corrected chi connectivity index (χ0v) is 31.2. The van der Waals surface area contributed by atoms with Gasteiger partial charge < -0.3 is 53.6 Å². The number of aliphatic hydroxyl groups excluding tert-OH is 4. The molecule has 298 valence electrons. The van der Waals surface area contributed by atoms with E-state index in [0.29, 0.717) is 32.1 Å². The topological polar surface area (TPSA) is 180 Å². The zero-order valence-electron chi connectivity index (χ0n) is 31.2. The summed E-state index contributed by atoms with van der Waals surface area (Å²) in [6.45, 7) is 10.4. The molecule has 0 radical (unpaired) electrons. The van der Waals surface area contributed by atoms with Crippen molar-refractivity contribution in [2.24, 2.45) is 11.8 Å². The van der Waals surface area contributed by atoms with Crippen LogP contribution in [0.4, 0.5) is 0 Å². The second-order valence-electron chi connectivity index (χ2n) is 16.8. The third kappa shape index (κ3) is 8.56. The van der Waals surface area contributed by atoms with Crippen molar-refractivity contribution < 1.29 is 63.2 Å². The molecular weight excluding hydrogens is 688 g/mol. The molecule has 53 heavy (non-hydrogen) atoms. The van der Waals surface area contributed by atoms with Crippen LogP contribution in [0.15, 0.2) is 24.3 Å². The molecule has 13 nitrogen and oxygen atoms in total. The van der Waals surface area contributed by atoms with Crippen LogP contribution in [0, 0.1) is 11.8 Å². The maximum Gasteiger partial charge on any atom is 0.135 e. The van der Waals surface area contributed by atoms with Gasteiger partial charge in [0, 0.05) is 51.6 Å². The van der Waals surface area contributed by atoms with Gasteiger partial charge in [0.15, 0.2) is 0 Å². The van der Waals surface area contributed by atoms with E-state index >= 15 is 0 Å². The summed E-state index contributed by atoms with van der Waals surface area (Å²) in [4.78, 5) is 27.0. The highest BCUT2D eigenvalue weighted by molar-refractivity contribution is 5.79. The molecule has 7 fully saturated rings. The summed E-state index contributed by atoms with van der Waals surface area (Å²) < 4.78 is 44.3. The van der Waals surface area contributed by atoms with E-state index in [9.17, 15) is 30.0 Å². The van der Waals surface area contributed by atoms with Gasteiger partial charge in [-0.2, -0.15) is 0 Å². The Labute approximate surface area is 312 Å². The second kappa shape index (κ2) is 16.9. The number of ketones is 2. The van der Waals surface area contributed by atoms with Crippen LogP contribution >= 0.6 is 0 Å². The zero-order chi connectivity index (χ0) is 37.6. The molecule has 0 aromatic carbocycles. The molecule has 0 saturated carbocycles. The lowest BCUT2D eigenvalue weighted by molar-refractivity contribution is -0.259. The third-order valence-corrected chi connectivity index (χ3v) is 13.1. The molecule has 7 heterocycles. The first-order chi connectivity index (χ1) is 25.4. The molecule has 7 aliphatic heterocycles. The van der Waals surface area contributed by atoms with Gasteiger partial charge in [-0.05, 0) is 62.0 Å². The number of methoxy groups -OCH3 is 1. The van der Waals surface area contributed by atoms with Gasteiger partial charge in [-0.3, -0.25) is 9.59 Å². The maximum absolute atomic E-state index is 13.9. The van der Waals surface area contributed by atoms with Crippen molar-refractivity contribution in [3.8, 4) is 0 Å². The summed E-state index contributed by atoms with van der Waals surface area (Å²) in [5, 5.41) is 42.6. The van der Waals surface area contributed by atoms with Gasteiger partial charge in [0.05, 0.1) is 73.8 Å². The van der Waals surface area contributed by atoms with Gasteiger partial charge >= 0.3 is 0 Å². The van der Waals surface area contributed by atoms with Crippen LogP contribution in [0.1, 0.15) is 90.4 Å². The lowest BCUT2D eigenvalue weighted by Gasteiger charge is -2.46. The van der Waals surface area contributed by atoms with E-state index in [1.807, 2.05) is 0 Å². The molecule has 0 aromatic heterocycles. The monoisotopic (exact) mass is 748 g/mol. The van der Waals surface area contributed by atoms with Gasteiger partial charge in [0.2, 0.25) is 0 Å². The Balaban J connectivity index is 1.11. The summed E-state index contributed by atoms with van der Waals surface area (Å²) in [7, 11) is 1.58. The van der Waals surface area contributed by atoms with Crippen molar-refractivity contribution in [3.63, 3.8) is 0 Å². The average molecular weight is 749 g/mol. The Hall–Kier alpha value is -1.62. The van der Waals surface area contributed by atoms with Crippen LogP contribution in [-0.4, -0.2) is 143 Å². The number of fused-ring (bicyclic) bond motifs is 7. The van der Waals surface area contributed by atoms with Crippen molar-refractivity contribution in [3.05, 3.63) is 24.3 Å². The molecule has 7 aliphatic rings. The van der Waals surface area contributed by atoms with Crippen molar-refractivity contribution in [2.75, 3.05) is 13.7 Å². The molecule has 0 amide bonds. The fourth-order valence-corrected chi connectivity index (χ4v) is 10.1. The predicted molar refractivity (Wildman–Crippen MR) is 189 cm³/mol. The molecule has 0 spiro atoms. The van der Waals surface area contributed by atoms with Gasteiger partial charge in [0.1, 0.15) is 42.1 Å². The maximum atomic E-state index is 13.9. The van der Waals surface area contributed by atoms with Gasteiger partial charge in [-0.1, -0.05) is 20.1 Å². The average Bonchev–Trinajstić information content (AvgIpc) is 3.76. The van der Waals surface area contributed by atoms with Crippen LogP contribution in [0.3, 0.4) is 0 Å². The fraction of sp³-hybridized carbons (Fsp3) is 0.850. The Morgan fingerprint density at radius 3 is 2.23 bits per heavy atom.